The van der Waals surface area contributed by atoms with Crippen LogP contribution in [0.15, 0.2) is 16.6 Å². The maximum Gasteiger partial charge on any atom is 0.347 e. The van der Waals surface area contributed by atoms with Crippen molar-refractivity contribution < 1.29 is 19.8 Å². The molecule has 2 rings (SSSR count). The van der Waals surface area contributed by atoms with Crippen LogP contribution >= 0.6 is 0 Å². The Morgan fingerprint density at radius 3 is 2.33 bits per heavy atom. The van der Waals surface area contributed by atoms with Crippen molar-refractivity contribution in [3.63, 3.8) is 0 Å². The molecule has 0 amide bonds. The zero-order chi connectivity index (χ0) is 11.1. The Labute approximate surface area is 86.1 Å². The zero-order valence-electron chi connectivity index (χ0n) is 8.06. The van der Waals surface area contributed by atoms with E-state index < -0.39 is 17.5 Å². The number of carboxylic acid groups (broad SMARTS) is 2. The van der Waals surface area contributed by atoms with Crippen LogP contribution < -0.4 is 0 Å². The van der Waals surface area contributed by atoms with Crippen molar-refractivity contribution >= 4 is 17.7 Å². The minimum atomic E-state index is -2.06. The Bertz CT molecular complexity index is 356. The van der Waals surface area contributed by atoms with E-state index in [9.17, 15) is 9.59 Å². The fraction of sp³-hybridized carbons (Fsp3) is 0.500. The Kier molecular flexibility index (Phi) is 2.10. The fourth-order valence-corrected chi connectivity index (χ4v) is 2.00. The molecular formula is C10H11NO4. The minimum Gasteiger partial charge on any atom is -0.479 e. The first kappa shape index (κ1) is 9.89. The number of rotatable bonds is 2. The molecule has 80 valence electrons. The van der Waals surface area contributed by atoms with Crippen LogP contribution in [0.5, 0.6) is 0 Å². The second-order valence-electron chi connectivity index (χ2n) is 3.81. The van der Waals surface area contributed by atoms with Gasteiger partial charge in [-0.1, -0.05) is 0 Å². The maximum absolute atomic E-state index is 11.0. The van der Waals surface area contributed by atoms with Gasteiger partial charge in [0.05, 0.1) is 0 Å². The topological polar surface area (TPSA) is 87.0 Å². The van der Waals surface area contributed by atoms with Gasteiger partial charge in [-0.15, -0.1) is 0 Å². The number of allylic oxidation sites excluding steroid dienone is 1. The Morgan fingerprint density at radius 1 is 1.20 bits per heavy atom. The predicted octanol–water partition coefficient (Wildman–Crippen LogP) is 0.849. The molecule has 5 heteroatoms. The van der Waals surface area contributed by atoms with Crippen LogP contribution in [0.2, 0.25) is 0 Å². The number of fused-ring (bicyclic) bond motifs is 1. The van der Waals surface area contributed by atoms with Crippen molar-refractivity contribution in [2.24, 2.45) is 4.99 Å². The highest BCUT2D eigenvalue weighted by atomic mass is 16.4. The predicted molar refractivity (Wildman–Crippen MR) is 52.0 cm³/mol. The van der Waals surface area contributed by atoms with E-state index >= 15 is 0 Å². The van der Waals surface area contributed by atoms with Crippen LogP contribution in [0.25, 0.3) is 0 Å². The van der Waals surface area contributed by atoms with Gasteiger partial charge in [-0.25, -0.2) is 9.59 Å². The highest BCUT2D eigenvalue weighted by Gasteiger charge is 2.49. The molecular weight excluding hydrogens is 198 g/mol. The van der Waals surface area contributed by atoms with Gasteiger partial charge >= 0.3 is 11.9 Å². The smallest absolute Gasteiger partial charge is 0.347 e. The van der Waals surface area contributed by atoms with Crippen LogP contribution in [0.4, 0.5) is 0 Å². The molecule has 0 bridgehead atoms. The standard InChI is InChI=1S/C10H11NO4/c12-8(13)10(9(14)15)5-6-3-1-2-4-7(6)11-10/h5H,1-4H2,(H,12,13)(H,14,15). The van der Waals surface area contributed by atoms with Gasteiger partial charge in [0, 0.05) is 5.71 Å². The monoisotopic (exact) mass is 209 g/mol. The quantitative estimate of drug-likeness (QED) is 0.660. The van der Waals surface area contributed by atoms with Gasteiger partial charge in [-0.2, -0.15) is 0 Å². The lowest BCUT2D eigenvalue weighted by molar-refractivity contribution is -0.153. The fourth-order valence-electron chi connectivity index (χ4n) is 2.00. The van der Waals surface area contributed by atoms with E-state index in [0.717, 1.165) is 24.8 Å². The van der Waals surface area contributed by atoms with Gasteiger partial charge in [0.2, 0.25) is 0 Å². The molecule has 0 aromatic rings. The summed E-state index contributed by atoms with van der Waals surface area (Å²) >= 11 is 0. The minimum absolute atomic E-state index is 0.658. The van der Waals surface area contributed by atoms with Gasteiger partial charge in [0.25, 0.3) is 5.54 Å². The summed E-state index contributed by atoms with van der Waals surface area (Å²) in [4.78, 5) is 25.8. The highest BCUT2D eigenvalue weighted by Crippen LogP contribution is 2.32. The van der Waals surface area contributed by atoms with Gasteiger partial charge in [-0.3, -0.25) is 4.99 Å². The Morgan fingerprint density at radius 2 is 1.80 bits per heavy atom. The number of carbonyl (C=O) groups is 2. The largest absolute Gasteiger partial charge is 0.479 e. The van der Waals surface area contributed by atoms with Crippen molar-refractivity contribution in [1.29, 1.82) is 0 Å². The van der Waals surface area contributed by atoms with Crippen LogP contribution in [0.1, 0.15) is 25.7 Å². The second kappa shape index (κ2) is 3.18. The van der Waals surface area contributed by atoms with Crippen molar-refractivity contribution in [2.75, 3.05) is 0 Å². The summed E-state index contributed by atoms with van der Waals surface area (Å²) in [7, 11) is 0. The van der Waals surface area contributed by atoms with Crippen molar-refractivity contribution in [3.8, 4) is 0 Å². The number of hydrogen-bond donors (Lipinski definition) is 2. The Hall–Kier alpha value is -1.65. The summed E-state index contributed by atoms with van der Waals surface area (Å²) in [5, 5.41) is 17.9. The average Bonchev–Trinajstić information content (AvgIpc) is 2.57. The van der Waals surface area contributed by atoms with Crippen molar-refractivity contribution in [2.45, 2.75) is 31.2 Å². The van der Waals surface area contributed by atoms with Gasteiger partial charge in [0.1, 0.15) is 0 Å². The number of aliphatic imine (C=N–C) groups is 1. The summed E-state index contributed by atoms with van der Waals surface area (Å²) in [6.45, 7) is 0. The zero-order valence-corrected chi connectivity index (χ0v) is 8.06. The molecule has 5 nitrogen and oxygen atoms in total. The molecule has 1 fully saturated rings. The molecule has 0 saturated heterocycles. The van der Waals surface area contributed by atoms with Gasteiger partial charge < -0.3 is 10.2 Å². The number of hydrogen-bond acceptors (Lipinski definition) is 3. The number of aliphatic carboxylic acids is 2. The molecule has 0 unspecified atom stereocenters. The van der Waals surface area contributed by atoms with Crippen molar-refractivity contribution in [1.82, 2.24) is 0 Å². The summed E-state index contributed by atoms with van der Waals surface area (Å²) in [6, 6.07) is 0. The van der Waals surface area contributed by atoms with E-state index in [1.165, 1.54) is 6.08 Å². The summed E-state index contributed by atoms with van der Waals surface area (Å²) in [5.41, 5.74) is -0.605. The molecule has 1 aliphatic carbocycles. The third-order valence-corrected chi connectivity index (χ3v) is 2.83. The van der Waals surface area contributed by atoms with Gasteiger partial charge in [-0.05, 0) is 37.3 Å². The number of carboxylic acids is 2. The highest BCUT2D eigenvalue weighted by molar-refractivity contribution is 6.15. The van der Waals surface area contributed by atoms with Crippen LogP contribution in [-0.4, -0.2) is 33.4 Å². The molecule has 2 aliphatic rings. The first-order valence-electron chi connectivity index (χ1n) is 4.84. The van der Waals surface area contributed by atoms with E-state index in [1.54, 1.807) is 0 Å². The molecule has 1 saturated carbocycles. The molecule has 0 radical (unpaired) electrons. The Balaban J connectivity index is 2.46. The molecule has 0 atom stereocenters. The summed E-state index contributed by atoms with van der Waals surface area (Å²) < 4.78 is 0. The van der Waals surface area contributed by atoms with E-state index in [2.05, 4.69) is 4.99 Å². The third-order valence-electron chi connectivity index (χ3n) is 2.83. The summed E-state index contributed by atoms with van der Waals surface area (Å²) in [5.74, 6) is -2.83. The van der Waals surface area contributed by atoms with E-state index in [0.29, 0.717) is 12.1 Å². The van der Waals surface area contributed by atoms with Crippen molar-refractivity contribution in [3.05, 3.63) is 11.6 Å². The third kappa shape index (κ3) is 1.35. The normalized spacial score (nSPS) is 22.7. The van der Waals surface area contributed by atoms with E-state index in [-0.39, 0.29) is 0 Å². The van der Waals surface area contributed by atoms with E-state index in [1.807, 2.05) is 0 Å². The molecule has 0 aromatic heterocycles. The molecule has 15 heavy (non-hydrogen) atoms. The second-order valence-corrected chi connectivity index (χ2v) is 3.81. The summed E-state index contributed by atoms with van der Waals surface area (Å²) in [6.07, 6.45) is 4.63. The van der Waals surface area contributed by atoms with Gasteiger partial charge in [0.15, 0.2) is 0 Å². The lowest BCUT2D eigenvalue weighted by Crippen LogP contribution is -2.42. The lowest BCUT2D eigenvalue weighted by atomic mass is 9.92. The van der Waals surface area contributed by atoms with Crippen LogP contribution in [-0.2, 0) is 9.59 Å². The molecule has 1 aliphatic heterocycles. The molecule has 0 aromatic carbocycles. The lowest BCUT2D eigenvalue weighted by Gasteiger charge is -2.12. The first-order valence-corrected chi connectivity index (χ1v) is 4.84. The van der Waals surface area contributed by atoms with E-state index in [4.69, 9.17) is 10.2 Å². The average molecular weight is 209 g/mol. The molecule has 2 N–H and O–H groups in total. The van der Waals surface area contributed by atoms with Crippen LogP contribution in [0.3, 0.4) is 0 Å². The van der Waals surface area contributed by atoms with Crippen LogP contribution in [0, 0.1) is 0 Å². The maximum atomic E-state index is 11.0. The first-order chi connectivity index (χ1) is 7.06. The molecule has 0 spiro atoms. The number of nitrogens with zero attached hydrogens (tertiary/aromatic N) is 1. The SMILES string of the molecule is O=C(O)C1(C(=O)O)C=C2CCCCC2=N1. The molecule has 1 heterocycles.